The Bertz CT molecular complexity index is 505. The Morgan fingerprint density at radius 3 is 2.56 bits per heavy atom. The fraction of sp³-hybridized carbons (Fsp3) is 0.143. The summed E-state index contributed by atoms with van der Waals surface area (Å²) in [6, 6.07) is 10.8. The van der Waals surface area contributed by atoms with Gasteiger partial charge in [0.2, 0.25) is 0 Å². The smallest absolute Gasteiger partial charge is 1.00 e. The van der Waals surface area contributed by atoms with Gasteiger partial charge in [0.05, 0.1) is 0 Å². The zero-order valence-electron chi connectivity index (χ0n) is 11.3. The SMILES string of the molecule is O=C(CCc1cccnc1)c1ccc(Cl)cc1.[H-].[Na+]. The standard InChI is InChI=1S/C14H12ClNO.Na.H/c15-13-6-4-12(5-7-13)14(17)8-3-11-2-1-9-16-10-11;;/h1-2,4-7,9-10H,3,8H2;;/q;+1;-1. The van der Waals surface area contributed by atoms with Gasteiger partial charge in [-0.3, -0.25) is 9.78 Å². The molecule has 0 spiro atoms. The zero-order chi connectivity index (χ0) is 12.1. The molecule has 4 heteroatoms. The van der Waals surface area contributed by atoms with Gasteiger partial charge in [0.1, 0.15) is 0 Å². The third-order valence-electron chi connectivity index (χ3n) is 2.53. The molecule has 1 heterocycles. The third kappa shape index (κ3) is 4.54. The quantitative estimate of drug-likeness (QED) is 0.603. The maximum absolute atomic E-state index is 11.9. The van der Waals surface area contributed by atoms with Crippen molar-refractivity contribution < 1.29 is 35.8 Å². The molecule has 0 N–H and O–H groups in total. The van der Waals surface area contributed by atoms with E-state index in [0.29, 0.717) is 17.0 Å². The number of benzene rings is 1. The number of carbonyl (C=O) groups is 1. The number of pyridine rings is 1. The normalized spacial score (nSPS) is 9.61. The summed E-state index contributed by atoms with van der Waals surface area (Å²) in [5, 5.41) is 0.647. The van der Waals surface area contributed by atoms with Crippen LogP contribution in [0.3, 0.4) is 0 Å². The Labute approximate surface area is 135 Å². The molecule has 1 aromatic heterocycles. The van der Waals surface area contributed by atoms with Crippen molar-refractivity contribution in [2.24, 2.45) is 0 Å². The molecule has 88 valence electrons. The van der Waals surface area contributed by atoms with Gasteiger partial charge in [0.15, 0.2) is 5.78 Å². The summed E-state index contributed by atoms with van der Waals surface area (Å²) in [7, 11) is 0. The number of ketones is 1. The summed E-state index contributed by atoms with van der Waals surface area (Å²) in [6.07, 6.45) is 4.72. The second-order valence-corrected chi connectivity index (χ2v) is 4.23. The van der Waals surface area contributed by atoms with Crippen molar-refractivity contribution in [2.75, 3.05) is 0 Å². The van der Waals surface area contributed by atoms with Crippen LogP contribution < -0.4 is 29.6 Å². The van der Waals surface area contributed by atoms with Gasteiger partial charge >= 0.3 is 29.6 Å². The zero-order valence-corrected chi connectivity index (χ0v) is 13.0. The predicted molar refractivity (Wildman–Crippen MR) is 69.5 cm³/mol. The fourth-order valence-electron chi connectivity index (χ4n) is 1.58. The molecule has 0 aliphatic heterocycles. The molecule has 0 saturated carbocycles. The van der Waals surface area contributed by atoms with E-state index in [1.807, 2.05) is 12.1 Å². The molecule has 0 atom stereocenters. The van der Waals surface area contributed by atoms with Crippen LogP contribution in [-0.2, 0) is 6.42 Å². The molecule has 0 unspecified atom stereocenters. The molecule has 0 fully saturated rings. The van der Waals surface area contributed by atoms with Gasteiger partial charge in [0, 0.05) is 29.4 Å². The van der Waals surface area contributed by atoms with Crippen LogP contribution in [0.1, 0.15) is 23.8 Å². The van der Waals surface area contributed by atoms with Crippen molar-refractivity contribution >= 4 is 17.4 Å². The maximum Gasteiger partial charge on any atom is 1.00 e. The Kier molecular flexibility index (Phi) is 6.58. The summed E-state index contributed by atoms with van der Waals surface area (Å²) >= 11 is 5.77. The van der Waals surface area contributed by atoms with E-state index in [2.05, 4.69) is 4.98 Å². The average molecular weight is 270 g/mol. The molecule has 0 radical (unpaired) electrons. The number of hydrogen-bond donors (Lipinski definition) is 0. The number of halogens is 1. The summed E-state index contributed by atoms with van der Waals surface area (Å²) < 4.78 is 0. The Morgan fingerprint density at radius 2 is 1.94 bits per heavy atom. The van der Waals surface area contributed by atoms with E-state index in [1.54, 1.807) is 36.7 Å². The minimum absolute atomic E-state index is 0. The van der Waals surface area contributed by atoms with Gasteiger partial charge in [-0.05, 0) is 42.3 Å². The molecule has 0 aliphatic rings. The van der Waals surface area contributed by atoms with E-state index in [9.17, 15) is 4.79 Å². The number of hydrogen-bond acceptors (Lipinski definition) is 2. The number of rotatable bonds is 4. The van der Waals surface area contributed by atoms with E-state index >= 15 is 0 Å². The molecule has 18 heavy (non-hydrogen) atoms. The van der Waals surface area contributed by atoms with E-state index in [4.69, 9.17) is 11.6 Å². The van der Waals surface area contributed by atoms with Crippen molar-refractivity contribution in [1.82, 2.24) is 4.98 Å². The maximum atomic E-state index is 11.9. The largest absolute Gasteiger partial charge is 1.00 e. The van der Waals surface area contributed by atoms with Crippen molar-refractivity contribution in [3.05, 3.63) is 64.9 Å². The van der Waals surface area contributed by atoms with Crippen LogP contribution in [-0.4, -0.2) is 10.8 Å². The van der Waals surface area contributed by atoms with Crippen molar-refractivity contribution in [2.45, 2.75) is 12.8 Å². The van der Waals surface area contributed by atoms with Gasteiger partial charge in [-0.25, -0.2) is 0 Å². The molecule has 2 rings (SSSR count). The summed E-state index contributed by atoms with van der Waals surface area (Å²) in [5.74, 6) is 0.130. The van der Waals surface area contributed by atoms with Gasteiger partial charge in [-0.2, -0.15) is 0 Å². The summed E-state index contributed by atoms with van der Waals surface area (Å²) in [5.41, 5.74) is 1.79. The average Bonchev–Trinajstić information content (AvgIpc) is 2.38. The van der Waals surface area contributed by atoms with Crippen LogP contribution in [0.4, 0.5) is 0 Å². The van der Waals surface area contributed by atoms with E-state index in [0.717, 1.165) is 12.0 Å². The Hall–Kier alpha value is -0.670. The summed E-state index contributed by atoms with van der Waals surface area (Å²) in [6.45, 7) is 0. The Balaban J connectivity index is 0.00000162. The van der Waals surface area contributed by atoms with Crippen LogP contribution >= 0.6 is 11.6 Å². The molecule has 0 aliphatic carbocycles. The number of nitrogens with zero attached hydrogens (tertiary/aromatic N) is 1. The van der Waals surface area contributed by atoms with E-state index in [1.165, 1.54) is 0 Å². The van der Waals surface area contributed by atoms with Gasteiger partial charge in [-0.15, -0.1) is 0 Å². The topological polar surface area (TPSA) is 30.0 Å². The monoisotopic (exact) mass is 269 g/mol. The number of carbonyl (C=O) groups excluding carboxylic acids is 1. The second kappa shape index (κ2) is 7.70. The first-order valence-electron chi connectivity index (χ1n) is 5.43. The molecule has 1 aromatic carbocycles. The first-order chi connectivity index (χ1) is 8.25. The van der Waals surface area contributed by atoms with Crippen molar-refractivity contribution in [1.29, 1.82) is 0 Å². The molecular weight excluding hydrogens is 257 g/mol. The first kappa shape index (κ1) is 15.4. The number of aromatic nitrogens is 1. The van der Waals surface area contributed by atoms with Crippen LogP contribution in [0.25, 0.3) is 0 Å². The van der Waals surface area contributed by atoms with Crippen LogP contribution in [0, 0.1) is 0 Å². The minimum atomic E-state index is 0. The van der Waals surface area contributed by atoms with Gasteiger partial charge in [0.25, 0.3) is 0 Å². The van der Waals surface area contributed by atoms with Crippen LogP contribution in [0.15, 0.2) is 48.8 Å². The summed E-state index contributed by atoms with van der Waals surface area (Å²) in [4.78, 5) is 15.9. The molecule has 2 nitrogen and oxygen atoms in total. The fourth-order valence-corrected chi connectivity index (χ4v) is 1.71. The Morgan fingerprint density at radius 1 is 1.22 bits per heavy atom. The molecule has 0 amide bonds. The van der Waals surface area contributed by atoms with E-state index < -0.39 is 0 Å². The molecular formula is C14H13ClNNaO. The number of Topliss-reactive ketones (excluding diaryl/α,β-unsaturated/α-hetero) is 1. The second-order valence-electron chi connectivity index (χ2n) is 3.79. The van der Waals surface area contributed by atoms with Crippen LogP contribution in [0.5, 0.6) is 0 Å². The van der Waals surface area contributed by atoms with E-state index in [-0.39, 0.29) is 36.8 Å². The molecule has 0 bridgehead atoms. The van der Waals surface area contributed by atoms with Gasteiger partial charge < -0.3 is 1.43 Å². The first-order valence-corrected chi connectivity index (χ1v) is 5.81. The molecule has 0 saturated heterocycles. The molecule has 2 aromatic rings. The minimum Gasteiger partial charge on any atom is -1.00 e. The third-order valence-corrected chi connectivity index (χ3v) is 2.78. The number of aryl methyl sites for hydroxylation is 1. The van der Waals surface area contributed by atoms with Crippen molar-refractivity contribution in [3.63, 3.8) is 0 Å². The van der Waals surface area contributed by atoms with Crippen LogP contribution in [0.2, 0.25) is 5.02 Å². The van der Waals surface area contributed by atoms with Crippen molar-refractivity contribution in [3.8, 4) is 0 Å². The van der Waals surface area contributed by atoms with Gasteiger partial charge in [-0.1, -0.05) is 17.7 Å². The predicted octanol–water partition coefficient (Wildman–Crippen LogP) is 0.667.